The highest BCUT2D eigenvalue weighted by molar-refractivity contribution is 5.95. The van der Waals surface area contributed by atoms with Gasteiger partial charge >= 0.3 is 0 Å². The molecule has 1 atom stereocenters. The number of rotatable bonds is 3. The molecule has 1 aliphatic carbocycles. The number of anilines is 1. The maximum atomic E-state index is 13.8. The first-order valence-corrected chi connectivity index (χ1v) is 6.84. The molecule has 0 spiro atoms. The molecular formula is C14H17F2N3O. The average Bonchev–Trinajstić information content (AvgIpc) is 3.15. The highest BCUT2D eigenvalue weighted by Gasteiger charge is 2.35. The monoisotopic (exact) mass is 281 g/mol. The Morgan fingerprint density at radius 1 is 1.30 bits per heavy atom. The lowest BCUT2D eigenvalue weighted by Gasteiger charge is -2.16. The number of halogens is 2. The first kappa shape index (κ1) is 13.3. The summed E-state index contributed by atoms with van der Waals surface area (Å²) in [7, 11) is 0. The molecular weight excluding hydrogens is 264 g/mol. The summed E-state index contributed by atoms with van der Waals surface area (Å²) in [5, 5.41) is 2.76. The molecule has 1 amide bonds. The Morgan fingerprint density at radius 3 is 2.75 bits per heavy atom. The van der Waals surface area contributed by atoms with E-state index in [1.54, 1.807) is 0 Å². The van der Waals surface area contributed by atoms with Crippen molar-refractivity contribution in [3.63, 3.8) is 0 Å². The van der Waals surface area contributed by atoms with Crippen molar-refractivity contribution in [2.24, 2.45) is 0 Å². The third-order valence-corrected chi connectivity index (χ3v) is 3.93. The van der Waals surface area contributed by atoms with Gasteiger partial charge < -0.3 is 11.1 Å². The highest BCUT2D eigenvalue weighted by atomic mass is 19.1. The highest BCUT2D eigenvalue weighted by Crippen LogP contribution is 2.30. The van der Waals surface area contributed by atoms with Gasteiger partial charge in [0, 0.05) is 25.2 Å². The minimum absolute atomic E-state index is 0.00741. The molecule has 2 fully saturated rings. The first-order chi connectivity index (χ1) is 9.54. The maximum absolute atomic E-state index is 13.8. The number of benzene rings is 1. The summed E-state index contributed by atoms with van der Waals surface area (Å²) in [6.45, 7) is 1.73. The number of likely N-dealkylation sites (tertiary alicyclic amines) is 1. The quantitative estimate of drug-likeness (QED) is 0.826. The van der Waals surface area contributed by atoms with E-state index < -0.39 is 17.5 Å². The molecule has 0 bridgehead atoms. The van der Waals surface area contributed by atoms with Gasteiger partial charge in [0.2, 0.25) is 0 Å². The van der Waals surface area contributed by atoms with Gasteiger partial charge in [-0.3, -0.25) is 9.69 Å². The van der Waals surface area contributed by atoms with Crippen molar-refractivity contribution >= 4 is 11.6 Å². The van der Waals surface area contributed by atoms with Crippen LogP contribution < -0.4 is 11.1 Å². The molecule has 3 rings (SSSR count). The van der Waals surface area contributed by atoms with Gasteiger partial charge in [-0.1, -0.05) is 0 Å². The topological polar surface area (TPSA) is 58.4 Å². The molecule has 2 aliphatic rings. The average molecular weight is 281 g/mol. The fraction of sp³-hybridized carbons (Fsp3) is 0.500. The van der Waals surface area contributed by atoms with E-state index in [4.69, 9.17) is 5.73 Å². The van der Waals surface area contributed by atoms with Crippen molar-refractivity contribution in [3.05, 3.63) is 29.3 Å². The molecule has 6 heteroatoms. The van der Waals surface area contributed by atoms with Crippen molar-refractivity contribution in [2.75, 3.05) is 18.8 Å². The molecule has 4 nitrogen and oxygen atoms in total. The van der Waals surface area contributed by atoms with E-state index >= 15 is 0 Å². The molecule has 0 aromatic heterocycles. The minimum Gasteiger partial charge on any atom is -0.396 e. The lowest BCUT2D eigenvalue weighted by Crippen LogP contribution is -2.38. The van der Waals surface area contributed by atoms with Crippen LogP contribution in [0, 0.1) is 11.6 Å². The van der Waals surface area contributed by atoms with Crippen molar-refractivity contribution in [2.45, 2.75) is 31.3 Å². The van der Waals surface area contributed by atoms with Gasteiger partial charge in [-0.05, 0) is 31.4 Å². The van der Waals surface area contributed by atoms with E-state index in [9.17, 15) is 13.6 Å². The van der Waals surface area contributed by atoms with Crippen LogP contribution in [0.5, 0.6) is 0 Å². The second kappa shape index (κ2) is 5.01. The largest absolute Gasteiger partial charge is 0.396 e. The van der Waals surface area contributed by atoms with E-state index in [-0.39, 0.29) is 17.3 Å². The van der Waals surface area contributed by atoms with Crippen LogP contribution in [0.25, 0.3) is 0 Å². The molecule has 1 saturated heterocycles. The summed E-state index contributed by atoms with van der Waals surface area (Å²) in [6.07, 6.45) is 3.28. The van der Waals surface area contributed by atoms with E-state index in [1.165, 1.54) is 12.8 Å². The van der Waals surface area contributed by atoms with Gasteiger partial charge in [-0.2, -0.15) is 0 Å². The van der Waals surface area contributed by atoms with Crippen molar-refractivity contribution in [3.8, 4) is 0 Å². The van der Waals surface area contributed by atoms with Crippen molar-refractivity contribution in [1.29, 1.82) is 0 Å². The van der Waals surface area contributed by atoms with Gasteiger partial charge in [0.1, 0.15) is 5.82 Å². The summed E-state index contributed by atoms with van der Waals surface area (Å²) >= 11 is 0. The minimum atomic E-state index is -0.860. The Morgan fingerprint density at radius 2 is 2.05 bits per heavy atom. The lowest BCUT2D eigenvalue weighted by atomic mass is 10.1. The standard InChI is InChI=1S/C14H17F2N3O/c15-8-5-11(13(16)12(17)6-8)14(20)18-9-3-4-19(7-9)10-1-2-10/h5-6,9-10H,1-4,7,17H2,(H,18,20). The Hall–Kier alpha value is -1.69. The summed E-state index contributed by atoms with van der Waals surface area (Å²) in [6, 6.07) is 2.40. The normalized spacial score (nSPS) is 23.0. The van der Waals surface area contributed by atoms with E-state index in [1.807, 2.05) is 0 Å². The van der Waals surface area contributed by atoms with E-state index in [0.29, 0.717) is 6.04 Å². The van der Waals surface area contributed by atoms with Gasteiger partial charge in [-0.15, -0.1) is 0 Å². The number of carbonyl (C=O) groups is 1. The molecule has 1 unspecified atom stereocenters. The van der Waals surface area contributed by atoms with Gasteiger partial charge in [0.05, 0.1) is 11.3 Å². The predicted molar refractivity (Wildman–Crippen MR) is 71.2 cm³/mol. The number of nitrogen functional groups attached to an aromatic ring is 1. The molecule has 3 N–H and O–H groups in total. The molecule has 1 saturated carbocycles. The van der Waals surface area contributed by atoms with Gasteiger partial charge in [0.15, 0.2) is 5.82 Å². The molecule has 1 aromatic carbocycles. The number of nitrogens with two attached hydrogens (primary N) is 1. The molecule has 1 aliphatic heterocycles. The summed E-state index contributed by atoms with van der Waals surface area (Å²) in [4.78, 5) is 14.4. The fourth-order valence-corrected chi connectivity index (χ4v) is 2.72. The Bertz CT molecular complexity index is 545. The van der Waals surface area contributed by atoms with Crippen LogP contribution in [0.3, 0.4) is 0 Å². The zero-order valence-electron chi connectivity index (χ0n) is 11.0. The van der Waals surface area contributed by atoms with Crippen LogP contribution in [0.1, 0.15) is 29.6 Å². The van der Waals surface area contributed by atoms with Gasteiger partial charge in [-0.25, -0.2) is 8.78 Å². The Kier molecular flexibility index (Phi) is 3.33. The number of nitrogens with one attached hydrogen (secondary N) is 1. The number of nitrogens with zero attached hydrogens (tertiary/aromatic N) is 1. The van der Waals surface area contributed by atoms with Crippen LogP contribution in [-0.2, 0) is 0 Å². The maximum Gasteiger partial charge on any atom is 0.254 e. The van der Waals surface area contributed by atoms with Crippen LogP contribution in [0.15, 0.2) is 12.1 Å². The second-order valence-corrected chi connectivity index (χ2v) is 5.54. The zero-order valence-corrected chi connectivity index (χ0v) is 11.0. The van der Waals surface area contributed by atoms with Crippen molar-refractivity contribution < 1.29 is 13.6 Å². The summed E-state index contributed by atoms with van der Waals surface area (Å²) in [5.74, 6) is -2.17. The predicted octanol–water partition coefficient (Wildman–Crippen LogP) is 1.51. The van der Waals surface area contributed by atoms with E-state index in [2.05, 4.69) is 10.2 Å². The smallest absolute Gasteiger partial charge is 0.254 e. The zero-order chi connectivity index (χ0) is 14.3. The molecule has 0 radical (unpaired) electrons. The first-order valence-electron chi connectivity index (χ1n) is 6.84. The lowest BCUT2D eigenvalue weighted by molar-refractivity contribution is 0.0933. The molecule has 20 heavy (non-hydrogen) atoms. The number of amides is 1. The number of hydrogen-bond donors (Lipinski definition) is 2. The van der Waals surface area contributed by atoms with Crippen LogP contribution in [0.2, 0.25) is 0 Å². The van der Waals surface area contributed by atoms with Gasteiger partial charge in [0.25, 0.3) is 5.91 Å². The SMILES string of the molecule is Nc1cc(F)cc(C(=O)NC2CCN(C3CC3)C2)c1F. The fourth-order valence-electron chi connectivity index (χ4n) is 2.72. The van der Waals surface area contributed by atoms with Crippen LogP contribution in [0.4, 0.5) is 14.5 Å². The summed E-state index contributed by atoms with van der Waals surface area (Å²) in [5.41, 5.74) is 4.66. The van der Waals surface area contributed by atoms with Crippen LogP contribution >= 0.6 is 0 Å². The van der Waals surface area contributed by atoms with Crippen LogP contribution in [-0.4, -0.2) is 36.0 Å². The molecule has 1 aromatic rings. The number of carbonyl (C=O) groups excluding carboxylic acids is 1. The Balaban J connectivity index is 1.67. The third-order valence-electron chi connectivity index (χ3n) is 3.93. The van der Waals surface area contributed by atoms with Crippen molar-refractivity contribution in [1.82, 2.24) is 10.2 Å². The third kappa shape index (κ3) is 2.60. The second-order valence-electron chi connectivity index (χ2n) is 5.54. The van der Waals surface area contributed by atoms with E-state index in [0.717, 1.165) is 31.6 Å². The number of hydrogen-bond acceptors (Lipinski definition) is 3. The summed E-state index contributed by atoms with van der Waals surface area (Å²) < 4.78 is 27.0. The Labute approximate surface area is 115 Å². The molecule has 1 heterocycles. The molecule has 108 valence electrons.